The van der Waals surface area contributed by atoms with E-state index >= 15 is 0 Å². The van der Waals surface area contributed by atoms with Crippen LogP contribution < -0.4 is 9.47 Å². The van der Waals surface area contributed by atoms with Crippen LogP contribution in [-0.4, -0.2) is 6.36 Å². The Hall–Kier alpha value is -3.37. The number of benzene rings is 3. The van der Waals surface area contributed by atoms with E-state index in [2.05, 4.69) is 9.47 Å². The average molecular weight is 452 g/mol. The molecule has 0 saturated heterocycles. The number of ether oxygens (including phenoxy) is 2. The molecule has 0 N–H and O–H groups in total. The molecule has 31 heavy (non-hydrogen) atoms. The first-order valence-corrected chi connectivity index (χ1v) is 8.23. The molecular formula is C20H9F9O2. The van der Waals surface area contributed by atoms with E-state index < -0.39 is 52.8 Å². The van der Waals surface area contributed by atoms with Crippen LogP contribution in [0.25, 0.3) is 11.1 Å². The highest BCUT2D eigenvalue weighted by Gasteiger charge is 2.41. The van der Waals surface area contributed by atoms with E-state index in [1.807, 2.05) is 0 Å². The quantitative estimate of drug-likeness (QED) is 0.391. The van der Waals surface area contributed by atoms with Gasteiger partial charge in [0, 0.05) is 6.07 Å². The molecule has 0 aliphatic carbocycles. The summed E-state index contributed by atoms with van der Waals surface area (Å²) < 4.78 is 128. The molecule has 0 bridgehead atoms. The third kappa shape index (κ3) is 5.22. The van der Waals surface area contributed by atoms with Crippen LogP contribution in [0.5, 0.6) is 11.5 Å². The van der Waals surface area contributed by atoms with E-state index in [1.54, 1.807) is 0 Å². The Kier molecular flexibility index (Phi) is 5.79. The zero-order valence-electron chi connectivity index (χ0n) is 14.9. The summed E-state index contributed by atoms with van der Waals surface area (Å²) in [6.45, 7) is 0. The van der Waals surface area contributed by atoms with Gasteiger partial charge in [-0.15, -0.1) is 13.2 Å². The lowest BCUT2D eigenvalue weighted by atomic mass is 10.0. The van der Waals surface area contributed by atoms with E-state index in [4.69, 9.17) is 0 Å². The average Bonchev–Trinajstić information content (AvgIpc) is 2.62. The van der Waals surface area contributed by atoms with Crippen molar-refractivity contribution in [3.8, 4) is 22.6 Å². The summed E-state index contributed by atoms with van der Waals surface area (Å²) >= 11 is 0. The molecule has 3 rings (SSSR count). The molecule has 0 heterocycles. The van der Waals surface area contributed by atoms with Crippen LogP contribution in [0.15, 0.2) is 54.6 Å². The van der Waals surface area contributed by atoms with Crippen LogP contribution in [0.2, 0.25) is 0 Å². The molecule has 0 spiro atoms. The molecule has 0 amide bonds. The maximum atomic E-state index is 14.4. The smallest absolute Gasteiger partial charge is 0.429 e. The van der Waals surface area contributed by atoms with Crippen molar-refractivity contribution in [2.24, 2.45) is 0 Å². The standard InChI is InChI=1S/C20H9F9O2/c21-12-3-1-2-10(6-12)11-7-15(23)18(16(24)8-11)19(25,26)30-13-4-5-17(14(22)9-13)31-20(27,28)29/h1-9H. The molecule has 0 unspecified atom stereocenters. The zero-order valence-corrected chi connectivity index (χ0v) is 14.9. The molecule has 0 aliphatic heterocycles. The molecule has 0 saturated carbocycles. The summed E-state index contributed by atoms with van der Waals surface area (Å²) in [7, 11) is 0. The lowest BCUT2D eigenvalue weighted by Crippen LogP contribution is -2.25. The molecule has 3 aromatic rings. The van der Waals surface area contributed by atoms with Gasteiger partial charge in [0.2, 0.25) is 0 Å². The van der Waals surface area contributed by atoms with Gasteiger partial charge in [0.05, 0.1) is 0 Å². The molecule has 0 aromatic heterocycles. The fourth-order valence-electron chi connectivity index (χ4n) is 2.64. The van der Waals surface area contributed by atoms with Gasteiger partial charge >= 0.3 is 12.5 Å². The summed E-state index contributed by atoms with van der Waals surface area (Å²) in [5, 5.41) is 0. The molecule has 0 aliphatic rings. The van der Waals surface area contributed by atoms with Crippen molar-refractivity contribution in [3.63, 3.8) is 0 Å². The lowest BCUT2D eigenvalue weighted by molar-refractivity contribution is -0.275. The molecule has 3 aromatic carbocycles. The minimum absolute atomic E-state index is 0.0101. The monoisotopic (exact) mass is 452 g/mol. The van der Waals surface area contributed by atoms with Crippen molar-refractivity contribution in [2.45, 2.75) is 12.5 Å². The van der Waals surface area contributed by atoms with Gasteiger partial charge in [-0.1, -0.05) is 12.1 Å². The Labute approximate surface area is 168 Å². The van der Waals surface area contributed by atoms with Crippen LogP contribution in [0, 0.1) is 23.3 Å². The Morgan fingerprint density at radius 3 is 1.81 bits per heavy atom. The first kappa shape index (κ1) is 22.3. The topological polar surface area (TPSA) is 18.5 Å². The number of halogens is 9. The van der Waals surface area contributed by atoms with E-state index in [9.17, 15) is 39.5 Å². The second kappa shape index (κ2) is 8.05. The number of hydrogen-bond acceptors (Lipinski definition) is 2. The third-order valence-electron chi connectivity index (χ3n) is 3.87. The molecular weight excluding hydrogens is 443 g/mol. The number of alkyl halides is 5. The Morgan fingerprint density at radius 1 is 0.613 bits per heavy atom. The molecule has 0 fully saturated rings. The van der Waals surface area contributed by atoms with Crippen molar-refractivity contribution in [3.05, 3.63) is 83.4 Å². The summed E-state index contributed by atoms with van der Waals surface area (Å²) in [6, 6.07) is 6.55. The van der Waals surface area contributed by atoms with E-state index in [-0.39, 0.29) is 17.2 Å². The fourth-order valence-corrected chi connectivity index (χ4v) is 2.64. The molecule has 11 heteroatoms. The second-order valence-electron chi connectivity index (χ2n) is 6.08. The second-order valence-corrected chi connectivity index (χ2v) is 6.08. The normalized spacial score (nSPS) is 12.0. The Morgan fingerprint density at radius 2 is 1.26 bits per heavy atom. The van der Waals surface area contributed by atoms with Crippen LogP contribution in [0.1, 0.15) is 5.56 Å². The predicted molar refractivity (Wildman–Crippen MR) is 89.4 cm³/mol. The first-order chi connectivity index (χ1) is 14.4. The third-order valence-corrected chi connectivity index (χ3v) is 3.87. The van der Waals surface area contributed by atoms with Gasteiger partial charge in [0.1, 0.15) is 28.8 Å². The van der Waals surface area contributed by atoms with Gasteiger partial charge < -0.3 is 9.47 Å². The maximum Gasteiger partial charge on any atom is 0.573 e. The zero-order chi connectivity index (χ0) is 23.0. The summed E-state index contributed by atoms with van der Waals surface area (Å²) in [4.78, 5) is 0. The minimum Gasteiger partial charge on any atom is -0.429 e. The lowest BCUT2D eigenvalue weighted by Gasteiger charge is -2.20. The van der Waals surface area contributed by atoms with Crippen molar-refractivity contribution in [2.75, 3.05) is 0 Å². The predicted octanol–water partition coefficient (Wildman–Crippen LogP) is 6.94. The van der Waals surface area contributed by atoms with E-state index in [0.29, 0.717) is 24.3 Å². The highest BCUT2D eigenvalue weighted by Crippen LogP contribution is 2.38. The highest BCUT2D eigenvalue weighted by molar-refractivity contribution is 5.64. The SMILES string of the molecule is Fc1cccc(-c2cc(F)c(C(F)(F)Oc3ccc(OC(F)(F)F)c(F)c3)c(F)c2)c1. The fraction of sp³-hybridized carbons (Fsp3) is 0.100. The van der Waals surface area contributed by atoms with Gasteiger partial charge in [-0.05, 0) is 47.5 Å². The van der Waals surface area contributed by atoms with Gasteiger partial charge in [-0.25, -0.2) is 17.6 Å². The summed E-state index contributed by atoms with van der Waals surface area (Å²) in [5.41, 5.74) is -2.06. The van der Waals surface area contributed by atoms with Crippen molar-refractivity contribution in [1.29, 1.82) is 0 Å². The highest BCUT2D eigenvalue weighted by atomic mass is 19.4. The summed E-state index contributed by atoms with van der Waals surface area (Å²) in [5.74, 6) is -8.27. The van der Waals surface area contributed by atoms with E-state index in [1.165, 1.54) is 12.1 Å². The Bertz CT molecular complexity index is 1090. The molecule has 2 nitrogen and oxygen atoms in total. The first-order valence-electron chi connectivity index (χ1n) is 8.23. The molecule has 164 valence electrons. The van der Waals surface area contributed by atoms with Crippen LogP contribution in [0.3, 0.4) is 0 Å². The van der Waals surface area contributed by atoms with Crippen molar-refractivity contribution in [1.82, 2.24) is 0 Å². The van der Waals surface area contributed by atoms with Crippen molar-refractivity contribution >= 4 is 0 Å². The Balaban J connectivity index is 1.91. The molecule has 0 radical (unpaired) electrons. The minimum atomic E-state index is -5.23. The van der Waals surface area contributed by atoms with Crippen molar-refractivity contribution < 1.29 is 49.0 Å². The molecule has 0 atom stereocenters. The number of hydrogen-bond donors (Lipinski definition) is 0. The van der Waals surface area contributed by atoms with E-state index in [0.717, 1.165) is 12.1 Å². The van der Waals surface area contributed by atoms with Crippen LogP contribution in [-0.2, 0) is 6.11 Å². The van der Waals surface area contributed by atoms with Gasteiger partial charge in [0.15, 0.2) is 11.6 Å². The maximum absolute atomic E-state index is 14.4. The number of rotatable bonds is 5. The van der Waals surface area contributed by atoms with Gasteiger partial charge in [0.25, 0.3) is 0 Å². The largest absolute Gasteiger partial charge is 0.573 e. The summed E-state index contributed by atoms with van der Waals surface area (Å²) in [6.07, 6.45) is -9.91. The van der Waals surface area contributed by atoms with Gasteiger partial charge in [-0.2, -0.15) is 8.78 Å². The van der Waals surface area contributed by atoms with Gasteiger partial charge in [-0.3, -0.25) is 0 Å². The van der Waals surface area contributed by atoms with Crippen LogP contribution >= 0.6 is 0 Å². The van der Waals surface area contributed by atoms with Crippen LogP contribution in [0.4, 0.5) is 39.5 Å².